The lowest BCUT2D eigenvalue weighted by atomic mass is 9.92. The van der Waals surface area contributed by atoms with Gasteiger partial charge in [-0.2, -0.15) is 0 Å². The van der Waals surface area contributed by atoms with Crippen LogP contribution in [0, 0.1) is 24.7 Å². The summed E-state index contributed by atoms with van der Waals surface area (Å²) in [5.74, 6) is 6.04. The Hall–Kier alpha value is -3.50. The highest BCUT2D eigenvalue weighted by atomic mass is 16.3. The minimum Gasteiger partial charge on any atom is -0.382 e. The summed E-state index contributed by atoms with van der Waals surface area (Å²) in [5.41, 5.74) is 7.82. The van der Waals surface area contributed by atoms with Crippen molar-refractivity contribution in [2.75, 3.05) is 19.3 Å². The lowest BCUT2D eigenvalue weighted by Gasteiger charge is -2.17. The molecule has 1 aliphatic heterocycles. The van der Waals surface area contributed by atoms with E-state index in [2.05, 4.69) is 26.8 Å². The SMILES string of the molecule is Cc1nc(N)c2nc(-c3cccc(C#CC4(O)C(=O)N(C)C[C@H]4C)c3)ccc2n1. The molecule has 0 aliphatic carbocycles. The smallest absolute Gasteiger partial charge is 0.267 e. The number of pyridine rings is 1. The molecule has 1 saturated heterocycles. The molecule has 2 atom stereocenters. The highest BCUT2D eigenvalue weighted by molar-refractivity contribution is 5.91. The Labute approximate surface area is 168 Å². The molecule has 7 nitrogen and oxygen atoms in total. The standard InChI is InChI=1S/C22H21N5O2/c1-13-12-27(3)21(28)22(13,29)10-9-15-5-4-6-16(11-15)17-7-8-18-19(26-17)20(23)25-14(2)24-18/h4-8,11,13,29H,12H2,1-3H3,(H2,23,24,25)/t13-,22?/m1/s1. The molecular weight excluding hydrogens is 366 g/mol. The quantitative estimate of drug-likeness (QED) is 0.617. The molecule has 0 radical (unpaired) electrons. The van der Waals surface area contributed by atoms with Crippen molar-refractivity contribution in [2.24, 2.45) is 5.92 Å². The molecule has 1 unspecified atom stereocenters. The summed E-state index contributed by atoms with van der Waals surface area (Å²) in [6.45, 7) is 4.08. The number of aryl methyl sites for hydroxylation is 1. The van der Waals surface area contributed by atoms with E-state index in [4.69, 9.17) is 5.73 Å². The third-order valence-electron chi connectivity index (χ3n) is 5.17. The van der Waals surface area contributed by atoms with Gasteiger partial charge in [0.15, 0.2) is 5.82 Å². The maximum Gasteiger partial charge on any atom is 0.267 e. The van der Waals surface area contributed by atoms with E-state index in [1.807, 2.05) is 43.3 Å². The fourth-order valence-corrected chi connectivity index (χ4v) is 3.55. The average molecular weight is 387 g/mol. The van der Waals surface area contributed by atoms with Gasteiger partial charge in [-0.25, -0.2) is 15.0 Å². The molecule has 3 N–H and O–H groups in total. The molecule has 1 fully saturated rings. The van der Waals surface area contributed by atoms with E-state index < -0.39 is 5.60 Å². The van der Waals surface area contributed by atoms with Crippen LogP contribution in [0.25, 0.3) is 22.3 Å². The number of nitrogens with zero attached hydrogens (tertiary/aromatic N) is 4. The van der Waals surface area contributed by atoms with Gasteiger partial charge in [-0.15, -0.1) is 0 Å². The number of hydrogen-bond donors (Lipinski definition) is 2. The Balaban J connectivity index is 1.71. The lowest BCUT2D eigenvalue weighted by Crippen LogP contribution is -2.40. The molecule has 4 rings (SSSR count). The van der Waals surface area contributed by atoms with Gasteiger partial charge in [-0.1, -0.05) is 30.9 Å². The number of amides is 1. The molecule has 7 heteroatoms. The van der Waals surface area contributed by atoms with Crippen LogP contribution in [0.3, 0.4) is 0 Å². The number of likely N-dealkylation sites (N-methyl/N-ethyl adjacent to an activating group) is 1. The first-order chi connectivity index (χ1) is 13.8. The van der Waals surface area contributed by atoms with Gasteiger partial charge in [0, 0.05) is 30.6 Å². The van der Waals surface area contributed by atoms with Crippen molar-refractivity contribution in [3.8, 4) is 23.1 Å². The number of aromatic nitrogens is 3. The number of carbonyl (C=O) groups excluding carboxylic acids is 1. The Kier molecular flexibility index (Phi) is 4.44. The van der Waals surface area contributed by atoms with Crippen LogP contribution in [-0.2, 0) is 4.79 Å². The Morgan fingerprint density at radius 2 is 2.03 bits per heavy atom. The predicted octanol–water partition coefficient (Wildman–Crippen LogP) is 1.77. The molecule has 29 heavy (non-hydrogen) atoms. The second-order valence-corrected chi connectivity index (χ2v) is 7.40. The van der Waals surface area contributed by atoms with Gasteiger partial charge in [-0.3, -0.25) is 4.79 Å². The number of nitrogens with two attached hydrogens (primary N) is 1. The summed E-state index contributed by atoms with van der Waals surface area (Å²) in [6.07, 6.45) is 0. The van der Waals surface area contributed by atoms with Gasteiger partial charge >= 0.3 is 0 Å². The van der Waals surface area contributed by atoms with Gasteiger partial charge in [0.25, 0.3) is 5.91 Å². The van der Waals surface area contributed by atoms with Crippen LogP contribution in [0.15, 0.2) is 36.4 Å². The van der Waals surface area contributed by atoms with Gasteiger partial charge in [0.1, 0.15) is 11.3 Å². The maximum atomic E-state index is 12.3. The molecule has 0 bridgehead atoms. The number of benzene rings is 1. The molecule has 146 valence electrons. The van der Waals surface area contributed by atoms with Crippen molar-refractivity contribution in [2.45, 2.75) is 19.4 Å². The van der Waals surface area contributed by atoms with E-state index in [-0.39, 0.29) is 11.8 Å². The highest BCUT2D eigenvalue weighted by Gasteiger charge is 2.48. The Bertz CT molecular complexity index is 1200. The van der Waals surface area contributed by atoms with Crippen LogP contribution in [0.4, 0.5) is 5.82 Å². The van der Waals surface area contributed by atoms with Crippen LogP contribution in [0.2, 0.25) is 0 Å². The molecule has 3 heterocycles. The van der Waals surface area contributed by atoms with Gasteiger partial charge in [-0.05, 0) is 31.2 Å². The fraction of sp³-hybridized carbons (Fsp3) is 0.273. The number of rotatable bonds is 1. The fourth-order valence-electron chi connectivity index (χ4n) is 3.55. The molecule has 1 aliphatic rings. The zero-order valence-corrected chi connectivity index (χ0v) is 16.5. The zero-order chi connectivity index (χ0) is 20.8. The maximum absolute atomic E-state index is 12.3. The monoisotopic (exact) mass is 387 g/mol. The van der Waals surface area contributed by atoms with E-state index in [1.54, 1.807) is 14.0 Å². The number of fused-ring (bicyclic) bond motifs is 1. The molecule has 1 aromatic carbocycles. The number of anilines is 1. The van der Waals surface area contributed by atoms with E-state index >= 15 is 0 Å². The summed E-state index contributed by atoms with van der Waals surface area (Å²) in [4.78, 5) is 26.9. The average Bonchev–Trinajstić information content (AvgIpc) is 2.89. The van der Waals surface area contributed by atoms with E-state index in [0.29, 0.717) is 40.5 Å². The van der Waals surface area contributed by atoms with Gasteiger partial charge in [0.05, 0.1) is 11.2 Å². The van der Waals surface area contributed by atoms with Crippen molar-refractivity contribution in [1.82, 2.24) is 19.9 Å². The van der Waals surface area contributed by atoms with Crippen LogP contribution >= 0.6 is 0 Å². The van der Waals surface area contributed by atoms with Crippen LogP contribution < -0.4 is 5.73 Å². The van der Waals surface area contributed by atoms with Crippen molar-refractivity contribution in [3.63, 3.8) is 0 Å². The first kappa shape index (κ1) is 18.8. The zero-order valence-electron chi connectivity index (χ0n) is 16.5. The first-order valence-corrected chi connectivity index (χ1v) is 9.30. The van der Waals surface area contributed by atoms with Crippen LogP contribution in [0.5, 0.6) is 0 Å². The Morgan fingerprint density at radius 3 is 2.76 bits per heavy atom. The summed E-state index contributed by atoms with van der Waals surface area (Å²) in [5, 5.41) is 10.7. The van der Waals surface area contributed by atoms with E-state index in [0.717, 1.165) is 5.56 Å². The number of likely N-dealkylation sites (tertiary alicyclic amines) is 1. The third-order valence-corrected chi connectivity index (χ3v) is 5.17. The molecule has 2 aromatic heterocycles. The summed E-state index contributed by atoms with van der Waals surface area (Å²) >= 11 is 0. The first-order valence-electron chi connectivity index (χ1n) is 9.30. The summed E-state index contributed by atoms with van der Waals surface area (Å²) in [7, 11) is 1.67. The van der Waals surface area contributed by atoms with Crippen LogP contribution in [0.1, 0.15) is 18.3 Å². The number of aliphatic hydroxyl groups is 1. The molecule has 1 amide bonds. The third kappa shape index (κ3) is 3.28. The normalized spacial score (nSPS) is 21.3. The van der Waals surface area contributed by atoms with Crippen molar-refractivity contribution < 1.29 is 9.90 Å². The topological polar surface area (TPSA) is 105 Å². The predicted molar refractivity (Wildman–Crippen MR) is 111 cm³/mol. The minimum atomic E-state index is -1.66. The number of nitrogen functional groups attached to an aromatic ring is 1. The second kappa shape index (κ2) is 6.83. The van der Waals surface area contributed by atoms with Crippen molar-refractivity contribution >= 4 is 22.8 Å². The molecule has 3 aromatic rings. The van der Waals surface area contributed by atoms with Gasteiger partial charge < -0.3 is 15.7 Å². The Morgan fingerprint density at radius 1 is 1.24 bits per heavy atom. The number of carbonyl (C=O) groups is 1. The molecular formula is C22H21N5O2. The summed E-state index contributed by atoms with van der Waals surface area (Å²) < 4.78 is 0. The van der Waals surface area contributed by atoms with Crippen LogP contribution in [-0.4, -0.2) is 50.1 Å². The van der Waals surface area contributed by atoms with Crippen molar-refractivity contribution in [3.05, 3.63) is 47.8 Å². The van der Waals surface area contributed by atoms with E-state index in [1.165, 1.54) is 4.90 Å². The minimum absolute atomic E-state index is 0.260. The molecule has 0 saturated carbocycles. The van der Waals surface area contributed by atoms with Crippen molar-refractivity contribution in [1.29, 1.82) is 0 Å². The molecule has 0 spiro atoms. The number of hydrogen-bond acceptors (Lipinski definition) is 6. The largest absolute Gasteiger partial charge is 0.382 e. The van der Waals surface area contributed by atoms with Gasteiger partial charge in [0.2, 0.25) is 5.60 Å². The summed E-state index contributed by atoms with van der Waals surface area (Å²) in [6, 6.07) is 11.2. The lowest BCUT2D eigenvalue weighted by molar-refractivity contribution is -0.138. The second-order valence-electron chi connectivity index (χ2n) is 7.40. The van der Waals surface area contributed by atoms with E-state index in [9.17, 15) is 9.90 Å². The highest BCUT2D eigenvalue weighted by Crippen LogP contribution is 2.28.